The van der Waals surface area contributed by atoms with Crippen LogP contribution in [0.15, 0.2) is 85.4 Å². The average molecular weight is 288 g/mol. The summed E-state index contributed by atoms with van der Waals surface area (Å²) in [6.07, 6.45) is 1.89. The van der Waals surface area contributed by atoms with Gasteiger partial charge in [-0.15, -0.1) is 30.3 Å². The van der Waals surface area contributed by atoms with Gasteiger partial charge in [-0.3, -0.25) is 0 Å². The van der Waals surface area contributed by atoms with Crippen LogP contribution in [-0.2, 0) is 17.1 Å². The van der Waals surface area contributed by atoms with Crippen molar-refractivity contribution in [2.75, 3.05) is 0 Å². The Morgan fingerprint density at radius 1 is 0.842 bits per heavy atom. The van der Waals surface area contributed by atoms with E-state index in [0.29, 0.717) is 0 Å². The number of rotatable bonds is 2. The summed E-state index contributed by atoms with van der Waals surface area (Å²) in [5.41, 5.74) is 3.70. The van der Waals surface area contributed by atoms with Gasteiger partial charge in [0.1, 0.15) is 0 Å². The van der Waals surface area contributed by atoms with Gasteiger partial charge in [-0.05, 0) is 0 Å². The van der Waals surface area contributed by atoms with Gasteiger partial charge in [0.2, 0.25) is 0 Å². The van der Waals surface area contributed by atoms with E-state index in [2.05, 4.69) is 49.0 Å². The van der Waals surface area contributed by atoms with Crippen molar-refractivity contribution in [1.29, 1.82) is 0 Å². The zero-order valence-corrected chi connectivity index (χ0v) is 11.7. The molecule has 0 spiro atoms. The van der Waals surface area contributed by atoms with Gasteiger partial charge in [0.05, 0.1) is 0 Å². The Hall–Kier alpha value is -1.82. The molecule has 0 saturated heterocycles. The van der Waals surface area contributed by atoms with E-state index in [-0.39, 0.29) is 17.1 Å². The standard InChI is InChI=1S/C13H11.C5H5.Fe/c1-2-11-7-5-6-10-13(11)12-8-3-4-9-12;1-2-4-5-3-1;/h2-10H,1H2;1-5H;/q-1;-5;. The number of benzene rings is 1. The largest absolute Gasteiger partial charge is 0.748 e. The minimum absolute atomic E-state index is 0. The molecule has 1 heteroatoms. The van der Waals surface area contributed by atoms with Crippen LogP contribution in [0.2, 0.25) is 0 Å². The molecule has 0 aliphatic carbocycles. The van der Waals surface area contributed by atoms with E-state index in [1.807, 2.05) is 42.5 Å². The molecule has 0 amide bonds. The molecule has 102 valence electrons. The van der Waals surface area contributed by atoms with Crippen molar-refractivity contribution in [3.05, 3.63) is 91.0 Å². The summed E-state index contributed by atoms with van der Waals surface area (Å²) >= 11 is 0. The summed E-state index contributed by atoms with van der Waals surface area (Å²) in [7, 11) is 0. The summed E-state index contributed by atoms with van der Waals surface area (Å²) in [4.78, 5) is 0. The van der Waals surface area contributed by atoms with Crippen molar-refractivity contribution >= 4 is 6.08 Å². The minimum atomic E-state index is 0. The fourth-order valence-electron chi connectivity index (χ4n) is 1.81. The van der Waals surface area contributed by atoms with Crippen LogP contribution < -0.4 is 0 Å². The predicted octanol–water partition coefficient (Wildman–Crippen LogP) is 5.12. The van der Waals surface area contributed by atoms with Crippen molar-refractivity contribution in [1.82, 2.24) is 0 Å². The van der Waals surface area contributed by atoms with E-state index >= 15 is 0 Å². The Morgan fingerprint density at radius 2 is 1.37 bits per heavy atom. The normalized spacial score (nSPS) is 8.84. The van der Waals surface area contributed by atoms with Gasteiger partial charge >= 0.3 is 0 Å². The third-order valence-electron chi connectivity index (χ3n) is 2.71. The first kappa shape index (κ1) is 15.2. The molecule has 3 rings (SSSR count). The Kier molecular flexibility index (Phi) is 6.67. The molecule has 3 aromatic rings. The molecular weight excluding hydrogens is 272 g/mol. The molecular formula is C18H16Fe-6. The molecule has 0 saturated carbocycles. The van der Waals surface area contributed by atoms with Crippen LogP contribution in [0.1, 0.15) is 5.56 Å². The average Bonchev–Trinajstić information content (AvgIpc) is 3.14. The molecule has 0 unspecified atom stereocenters. The van der Waals surface area contributed by atoms with Crippen LogP contribution >= 0.6 is 0 Å². The molecule has 0 nitrogen and oxygen atoms in total. The first-order chi connectivity index (χ1) is 8.92. The third kappa shape index (κ3) is 4.40. The second-order valence-corrected chi connectivity index (χ2v) is 3.93. The van der Waals surface area contributed by atoms with Crippen LogP contribution in [0.25, 0.3) is 17.2 Å². The summed E-state index contributed by atoms with van der Waals surface area (Å²) in [5, 5.41) is 0. The number of hydrogen-bond donors (Lipinski definition) is 0. The maximum Gasteiger partial charge on any atom is 0 e. The molecule has 0 heterocycles. The molecule has 0 atom stereocenters. The van der Waals surface area contributed by atoms with Crippen LogP contribution in [0, 0.1) is 0 Å². The Labute approximate surface area is 125 Å². The van der Waals surface area contributed by atoms with Gasteiger partial charge in [-0.25, -0.2) is 0 Å². The number of hydrogen-bond acceptors (Lipinski definition) is 0. The maximum atomic E-state index is 3.80. The van der Waals surface area contributed by atoms with E-state index in [9.17, 15) is 0 Å². The van der Waals surface area contributed by atoms with Crippen LogP contribution in [-0.4, -0.2) is 0 Å². The molecule has 0 bridgehead atoms. The summed E-state index contributed by atoms with van der Waals surface area (Å²) < 4.78 is 0. The summed E-state index contributed by atoms with van der Waals surface area (Å²) in [5.74, 6) is 0. The van der Waals surface area contributed by atoms with Gasteiger partial charge in [-0.1, -0.05) is 35.4 Å². The first-order valence-electron chi connectivity index (χ1n) is 6.02. The zero-order valence-electron chi connectivity index (χ0n) is 10.6. The smallest absolute Gasteiger partial charge is 0 e. The topological polar surface area (TPSA) is 0 Å². The molecule has 19 heavy (non-hydrogen) atoms. The maximum absolute atomic E-state index is 3.80. The van der Waals surface area contributed by atoms with Crippen molar-refractivity contribution in [3.8, 4) is 11.1 Å². The molecule has 0 aliphatic heterocycles. The molecule has 0 N–H and O–H groups in total. The monoisotopic (exact) mass is 288 g/mol. The first-order valence-corrected chi connectivity index (χ1v) is 6.02. The van der Waals surface area contributed by atoms with Gasteiger partial charge in [0.15, 0.2) is 0 Å². The molecule has 3 aromatic carbocycles. The SMILES string of the molecule is C=Cc1ccccc1-[c-]1cccc1.[Fe].[cH-]1[cH-][cH-][cH-][cH-]1. The van der Waals surface area contributed by atoms with E-state index < -0.39 is 0 Å². The van der Waals surface area contributed by atoms with Crippen molar-refractivity contribution < 1.29 is 17.1 Å². The van der Waals surface area contributed by atoms with Crippen LogP contribution in [0.5, 0.6) is 0 Å². The molecule has 0 aliphatic rings. The van der Waals surface area contributed by atoms with E-state index in [4.69, 9.17) is 0 Å². The van der Waals surface area contributed by atoms with Gasteiger partial charge < -0.3 is 30.3 Å². The fraction of sp³-hybridized carbons (Fsp3) is 0. The van der Waals surface area contributed by atoms with Crippen LogP contribution in [0.3, 0.4) is 0 Å². The van der Waals surface area contributed by atoms with Gasteiger partial charge in [0.25, 0.3) is 0 Å². The second-order valence-electron chi connectivity index (χ2n) is 3.93. The zero-order chi connectivity index (χ0) is 12.6. The van der Waals surface area contributed by atoms with Crippen molar-refractivity contribution in [2.24, 2.45) is 0 Å². The molecule has 0 aromatic heterocycles. The Balaban J connectivity index is 0.000000256. The van der Waals surface area contributed by atoms with Crippen molar-refractivity contribution in [3.63, 3.8) is 0 Å². The Morgan fingerprint density at radius 3 is 1.89 bits per heavy atom. The summed E-state index contributed by atoms with van der Waals surface area (Å²) in [6, 6.07) is 26.6. The third-order valence-corrected chi connectivity index (χ3v) is 2.71. The fourth-order valence-corrected chi connectivity index (χ4v) is 1.81. The van der Waals surface area contributed by atoms with Crippen LogP contribution in [0.4, 0.5) is 0 Å². The summed E-state index contributed by atoms with van der Waals surface area (Å²) in [6.45, 7) is 3.80. The van der Waals surface area contributed by atoms with E-state index in [1.165, 1.54) is 16.7 Å². The molecule has 0 fully saturated rings. The van der Waals surface area contributed by atoms with Gasteiger partial charge in [0, 0.05) is 17.1 Å². The quantitative estimate of drug-likeness (QED) is 0.453. The van der Waals surface area contributed by atoms with Gasteiger partial charge in [-0.2, -0.15) is 12.1 Å². The minimum Gasteiger partial charge on any atom is -0.748 e. The molecule has 0 radical (unpaired) electrons. The predicted molar refractivity (Wildman–Crippen MR) is 79.6 cm³/mol. The second kappa shape index (κ2) is 8.31. The Bertz CT molecular complexity index is 542. The van der Waals surface area contributed by atoms with E-state index in [1.54, 1.807) is 0 Å². The van der Waals surface area contributed by atoms with Crippen molar-refractivity contribution in [2.45, 2.75) is 0 Å². The van der Waals surface area contributed by atoms with E-state index in [0.717, 1.165) is 0 Å².